The van der Waals surface area contributed by atoms with E-state index in [4.69, 9.17) is 4.74 Å². The molecule has 0 unspecified atom stereocenters. The number of unbranched alkanes of at least 4 members (excludes halogenated alkanes) is 3. The third-order valence-corrected chi connectivity index (χ3v) is 2.53. The zero-order valence-electron chi connectivity index (χ0n) is 9.51. The third kappa shape index (κ3) is 8.29. The lowest BCUT2D eigenvalue weighted by atomic mass is 10.1. The number of hydrogen-bond acceptors (Lipinski definition) is 1. The van der Waals surface area contributed by atoms with Gasteiger partial charge < -0.3 is 4.74 Å². The molecule has 0 aromatic heterocycles. The molecule has 0 spiro atoms. The highest BCUT2D eigenvalue weighted by Crippen LogP contribution is 2.09. The van der Waals surface area contributed by atoms with Crippen molar-refractivity contribution in [1.29, 1.82) is 0 Å². The van der Waals surface area contributed by atoms with E-state index in [0.29, 0.717) is 0 Å². The van der Waals surface area contributed by atoms with Gasteiger partial charge in [0, 0.05) is 6.61 Å². The molecule has 0 aromatic rings. The van der Waals surface area contributed by atoms with Crippen LogP contribution >= 0.6 is 0 Å². The minimum absolute atomic E-state index is 0.752. The lowest BCUT2D eigenvalue weighted by Gasteiger charge is -2.11. The second-order valence-corrected chi connectivity index (χ2v) is 3.68. The van der Waals surface area contributed by atoms with Gasteiger partial charge in [-0.15, -0.1) is 0 Å². The van der Waals surface area contributed by atoms with Gasteiger partial charge in [-0.3, -0.25) is 0 Å². The standard InChI is InChI=1S/C12H25O/c1-4-7-8-9-10-13-11-12(5-2)6-3/h10,12H,4-9,11H2,1-3H3. The first-order valence-corrected chi connectivity index (χ1v) is 5.78. The van der Waals surface area contributed by atoms with E-state index >= 15 is 0 Å². The van der Waals surface area contributed by atoms with Crippen LogP contribution in [0.3, 0.4) is 0 Å². The molecule has 0 aromatic carbocycles. The highest BCUT2D eigenvalue weighted by atomic mass is 16.5. The number of ether oxygens (including phenoxy) is 1. The average Bonchev–Trinajstić information content (AvgIpc) is 2.17. The minimum Gasteiger partial charge on any atom is -0.375 e. The first-order valence-electron chi connectivity index (χ1n) is 5.78. The van der Waals surface area contributed by atoms with Crippen molar-refractivity contribution in [2.75, 3.05) is 6.61 Å². The Morgan fingerprint density at radius 3 is 2.31 bits per heavy atom. The predicted octanol–water partition coefficient (Wildman–Crippen LogP) is 4.18. The zero-order chi connectivity index (χ0) is 9.94. The second-order valence-electron chi connectivity index (χ2n) is 3.68. The summed E-state index contributed by atoms with van der Waals surface area (Å²) >= 11 is 0. The molecule has 0 fully saturated rings. The highest BCUT2D eigenvalue weighted by Gasteiger charge is 2.02. The topological polar surface area (TPSA) is 9.23 Å². The van der Waals surface area contributed by atoms with E-state index in [1.807, 2.05) is 6.61 Å². The minimum atomic E-state index is 0.752. The fourth-order valence-corrected chi connectivity index (χ4v) is 1.29. The van der Waals surface area contributed by atoms with Crippen LogP contribution in [0.25, 0.3) is 0 Å². The van der Waals surface area contributed by atoms with E-state index in [9.17, 15) is 0 Å². The lowest BCUT2D eigenvalue weighted by molar-refractivity contribution is 0.143. The zero-order valence-corrected chi connectivity index (χ0v) is 9.51. The van der Waals surface area contributed by atoms with Crippen molar-refractivity contribution in [2.24, 2.45) is 5.92 Å². The van der Waals surface area contributed by atoms with Gasteiger partial charge in [0.15, 0.2) is 0 Å². The maximum absolute atomic E-state index is 5.50. The SMILES string of the molecule is CCCCC[CH]OCC(CC)CC. The summed E-state index contributed by atoms with van der Waals surface area (Å²) in [4.78, 5) is 0. The van der Waals surface area contributed by atoms with Gasteiger partial charge in [0.1, 0.15) is 0 Å². The summed E-state index contributed by atoms with van der Waals surface area (Å²) in [6.45, 7) is 9.60. The van der Waals surface area contributed by atoms with Gasteiger partial charge in [-0.2, -0.15) is 0 Å². The van der Waals surface area contributed by atoms with Crippen LogP contribution in [0.15, 0.2) is 0 Å². The molecule has 1 heteroatoms. The molecule has 0 saturated carbocycles. The quantitative estimate of drug-likeness (QED) is 0.490. The van der Waals surface area contributed by atoms with Crippen molar-refractivity contribution in [3.8, 4) is 0 Å². The van der Waals surface area contributed by atoms with Crippen LogP contribution in [-0.2, 0) is 4.74 Å². The van der Waals surface area contributed by atoms with E-state index in [-0.39, 0.29) is 0 Å². The van der Waals surface area contributed by atoms with Gasteiger partial charge in [-0.05, 0) is 12.3 Å². The first-order chi connectivity index (χ1) is 6.35. The van der Waals surface area contributed by atoms with Crippen LogP contribution in [-0.4, -0.2) is 6.61 Å². The molecule has 13 heavy (non-hydrogen) atoms. The van der Waals surface area contributed by atoms with E-state index in [0.717, 1.165) is 18.9 Å². The Morgan fingerprint density at radius 2 is 1.77 bits per heavy atom. The predicted molar refractivity (Wildman–Crippen MR) is 58.5 cm³/mol. The van der Waals surface area contributed by atoms with Crippen molar-refractivity contribution >= 4 is 0 Å². The highest BCUT2D eigenvalue weighted by molar-refractivity contribution is 4.56. The van der Waals surface area contributed by atoms with Crippen LogP contribution in [0, 0.1) is 12.5 Å². The summed E-state index contributed by atoms with van der Waals surface area (Å²) in [5, 5.41) is 0. The van der Waals surface area contributed by atoms with E-state index in [2.05, 4.69) is 20.8 Å². The van der Waals surface area contributed by atoms with Gasteiger partial charge in [-0.25, -0.2) is 0 Å². The van der Waals surface area contributed by atoms with Crippen LogP contribution in [0.5, 0.6) is 0 Å². The molecule has 0 aliphatic carbocycles. The molecule has 0 atom stereocenters. The monoisotopic (exact) mass is 185 g/mol. The van der Waals surface area contributed by atoms with Gasteiger partial charge in [0.2, 0.25) is 0 Å². The van der Waals surface area contributed by atoms with Crippen LogP contribution in [0.1, 0.15) is 59.3 Å². The maximum Gasteiger partial charge on any atom is 0.0836 e. The molecular weight excluding hydrogens is 160 g/mol. The Balaban J connectivity index is 3.05. The fraction of sp³-hybridized carbons (Fsp3) is 0.917. The Bertz CT molecular complexity index is 87.1. The molecule has 0 aliphatic heterocycles. The molecule has 0 amide bonds. The summed E-state index contributed by atoms with van der Waals surface area (Å²) in [5.74, 6) is 0.752. The summed E-state index contributed by atoms with van der Waals surface area (Å²) in [5.41, 5.74) is 0. The summed E-state index contributed by atoms with van der Waals surface area (Å²) in [6.07, 6.45) is 7.48. The molecular formula is C12H25O. The maximum atomic E-state index is 5.50. The van der Waals surface area contributed by atoms with E-state index < -0.39 is 0 Å². The van der Waals surface area contributed by atoms with Gasteiger partial charge in [0.05, 0.1) is 6.61 Å². The normalized spacial score (nSPS) is 11.1. The Morgan fingerprint density at radius 1 is 1.08 bits per heavy atom. The molecule has 0 saturated heterocycles. The Kier molecular flexibility index (Phi) is 10.0. The molecule has 0 heterocycles. The van der Waals surface area contributed by atoms with E-state index in [1.165, 1.54) is 32.1 Å². The Labute approximate surface area is 83.9 Å². The molecule has 0 aliphatic rings. The molecule has 1 radical (unpaired) electrons. The van der Waals surface area contributed by atoms with Crippen molar-refractivity contribution < 1.29 is 4.74 Å². The molecule has 1 nitrogen and oxygen atoms in total. The molecule has 0 N–H and O–H groups in total. The van der Waals surface area contributed by atoms with Gasteiger partial charge in [0.25, 0.3) is 0 Å². The van der Waals surface area contributed by atoms with Crippen molar-refractivity contribution in [1.82, 2.24) is 0 Å². The first kappa shape index (κ1) is 13.0. The van der Waals surface area contributed by atoms with Crippen LogP contribution in [0.2, 0.25) is 0 Å². The number of rotatable bonds is 9. The molecule has 0 bridgehead atoms. The summed E-state index contributed by atoms with van der Waals surface area (Å²) < 4.78 is 5.50. The third-order valence-electron chi connectivity index (χ3n) is 2.53. The molecule has 0 rings (SSSR count). The Hall–Kier alpha value is -0.0400. The van der Waals surface area contributed by atoms with Gasteiger partial charge in [-0.1, -0.05) is 52.9 Å². The van der Waals surface area contributed by atoms with Crippen LogP contribution in [0.4, 0.5) is 0 Å². The number of hydrogen-bond donors (Lipinski definition) is 0. The second kappa shape index (κ2) is 10.0. The largest absolute Gasteiger partial charge is 0.375 e. The van der Waals surface area contributed by atoms with Crippen molar-refractivity contribution in [3.63, 3.8) is 0 Å². The summed E-state index contributed by atoms with van der Waals surface area (Å²) in [7, 11) is 0. The van der Waals surface area contributed by atoms with Crippen molar-refractivity contribution in [3.05, 3.63) is 6.61 Å². The summed E-state index contributed by atoms with van der Waals surface area (Å²) in [6, 6.07) is 0. The smallest absolute Gasteiger partial charge is 0.0836 e. The fourth-order valence-electron chi connectivity index (χ4n) is 1.29. The van der Waals surface area contributed by atoms with Gasteiger partial charge >= 0.3 is 0 Å². The van der Waals surface area contributed by atoms with Crippen LogP contribution < -0.4 is 0 Å². The van der Waals surface area contributed by atoms with E-state index in [1.54, 1.807) is 0 Å². The lowest BCUT2D eigenvalue weighted by Crippen LogP contribution is -2.06. The average molecular weight is 185 g/mol. The van der Waals surface area contributed by atoms with Crippen molar-refractivity contribution in [2.45, 2.75) is 59.3 Å². The molecule has 79 valence electrons.